The Hall–Kier alpha value is -7.40. The third-order valence-electron chi connectivity index (χ3n) is 16.4. The molecule has 14 rings (SSSR count). The van der Waals surface area contributed by atoms with Crippen LogP contribution < -0.4 is 14.5 Å². The molecule has 0 amide bonds. The Bertz CT molecular complexity index is 3730. The number of hydrogen-bond donors (Lipinski definition) is 0. The topological polar surface area (TPSA) is 24.9 Å². The molecular weight excluding hydrogens is 853 g/mol. The Morgan fingerprint density at radius 1 is 0.514 bits per heavy atom. The molecule has 0 N–H and O–H groups in total. The molecule has 0 saturated carbocycles. The fourth-order valence-electron chi connectivity index (χ4n) is 13.2. The summed E-state index contributed by atoms with van der Waals surface area (Å²) in [6, 6.07) is 54.9. The van der Waals surface area contributed by atoms with Crippen molar-refractivity contribution < 1.29 is 9.47 Å². The summed E-state index contributed by atoms with van der Waals surface area (Å²) in [7, 11) is 0. The maximum Gasteiger partial charge on any atom is 0.130 e. The molecular formula is C66H56N2O2. The Kier molecular flexibility index (Phi) is 9.55. The molecule has 342 valence electrons. The van der Waals surface area contributed by atoms with E-state index in [1.807, 2.05) is 0 Å². The van der Waals surface area contributed by atoms with E-state index < -0.39 is 0 Å². The normalized spacial score (nSPS) is 23.1. The summed E-state index contributed by atoms with van der Waals surface area (Å²) >= 11 is 0. The van der Waals surface area contributed by atoms with Crippen LogP contribution in [-0.2, 0) is 4.74 Å². The van der Waals surface area contributed by atoms with Crippen molar-refractivity contribution >= 4 is 76.6 Å². The highest BCUT2D eigenvalue weighted by Gasteiger charge is 2.47. The molecule has 3 aliphatic carbocycles. The van der Waals surface area contributed by atoms with Gasteiger partial charge in [-0.1, -0.05) is 192 Å². The van der Waals surface area contributed by atoms with Crippen molar-refractivity contribution in [2.75, 3.05) is 9.80 Å². The molecule has 4 heteroatoms. The number of anilines is 4. The minimum absolute atomic E-state index is 0.0226. The van der Waals surface area contributed by atoms with Crippen molar-refractivity contribution in [2.24, 2.45) is 11.8 Å². The zero-order valence-corrected chi connectivity index (χ0v) is 40.2. The second-order valence-corrected chi connectivity index (χ2v) is 20.9. The Balaban J connectivity index is 1.06. The van der Waals surface area contributed by atoms with Gasteiger partial charge in [0.15, 0.2) is 0 Å². The highest BCUT2D eigenvalue weighted by molar-refractivity contribution is 6.29. The molecule has 0 radical (unpaired) electrons. The predicted octanol–water partition coefficient (Wildman–Crippen LogP) is 16.9. The van der Waals surface area contributed by atoms with E-state index >= 15 is 0 Å². The molecule has 0 aromatic heterocycles. The van der Waals surface area contributed by atoms with Crippen LogP contribution in [0.3, 0.4) is 0 Å². The first kappa shape index (κ1) is 41.6. The third-order valence-corrected chi connectivity index (χ3v) is 16.4. The molecule has 1 saturated heterocycles. The summed E-state index contributed by atoms with van der Waals surface area (Å²) < 4.78 is 14.3. The van der Waals surface area contributed by atoms with E-state index in [1.54, 1.807) is 0 Å². The van der Waals surface area contributed by atoms with E-state index in [0.29, 0.717) is 0 Å². The van der Waals surface area contributed by atoms with Crippen LogP contribution in [0.25, 0.3) is 53.9 Å². The maximum atomic E-state index is 7.17. The number of para-hydroxylation sites is 1. The summed E-state index contributed by atoms with van der Waals surface area (Å²) in [5.41, 5.74) is 9.94. The van der Waals surface area contributed by atoms with Crippen LogP contribution in [-0.4, -0.2) is 24.4 Å². The average molecular weight is 909 g/mol. The van der Waals surface area contributed by atoms with E-state index in [4.69, 9.17) is 9.47 Å². The zero-order chi connectivity index (χ0) is 46.8. The highest BCUT2D eigenvalue weighted by Crippen LogP contribution is 2.54. The lowest BCUT2D eigenvalue weighted by Gasteiger charge is -2.41. The monoisotopic (exact) mass is 908 g/mol. The minimum Gasteiger partial charge on any atom is -0.487 e. The minimum atomic E-state index is -0.127. The van der Waals surface area contributed by atoms with Crippen LogP contribution in [0.15, 0.2) is 206 Å². The molecule has 0 spiro atoms. The maximum absolute atomic E-state index is 7.17. The SMILES string of the molecule is CC(C)c1cc(N(C2=CC=CC3C4C=CC=CC4O[C@H]23)c2cccc3ccccc23)c2ccc3c(C(C)C)cc(N(c4cccc5ccccc45)C4CC=CC5c6ccccc6OC54)c4ccc1c2c34. The standard InChI is InChI=1S/C66H56N2O2/c1-39(2)53-37-59(67(55-27-13-19-41-17-5-7-21-43(41)55)57-29-15-25-49-45-23-9-11-31-61(45)69-65(49)57)51-36-34-48-54(40(3)4)38-60(52-35-33-47(53)63(51)64(48)52)68(56-28-14-20-42-18-6-8-22-44(42)56)58-30-16-26-50-46-24-10-12-32-62(46)70-66(50)58/h5-29,31-40,45,49-50,58,61,65-66H,30H2,1-4H3/t45?,49?,50?,58?,61?,65-,66?/m0/s1. The second kappa shape index (κ2) is 16.1. The van der Waals surface area contributed by atoms with Gasteiger partial charge in [0, 0.05) is 56.2 Å². The van der Waals surface area contributed by atoms with Crippen LogP contribution in [0.5, 0.6) is 5.75 Å². The zero-order valence-electron chi connectivity index (χ0n) is 40.2. The van der Waals surface area contributed by atoms with Crippen LogP contribution in [0, 0.1) is 11.8 Å². The van der Waals surface area contributed by atoms with Crippen molar-refractivity contribution in [3.8, 4) is 5.75 Å². The number of nitrogens with zero attached hydrogens (tertiary/aromatic N) is 2. The third kappa shape index (κ3) is 6.18. The van der Waals surface area contributed by atoms with Crippen molar-refractivity contribution in [3.05, 3.63) is 223 Å². The van der Waals surface area contributed by atoms with Gasteiger partial charge in [-0.2, -0.15) is 0 Å². The van der Waals surface area contributed by atoms with Gasteiger partial charge in [-0.3, -0.25) is 0 Å². The summed E-state index contributed by atoms with van der Waals surface area (Å²) in [6.45, 7) is 9.45. The molecule has 9 aromatic rings. The first-order chi connectivity index (χ1) is 34.4. The van der Waals surface area contributed by atoms with Crippen molar-refractivity contribution in [1.82, 2.24) is 0 Å². The lowest BCUT2D eigenvalue weighted by Crippen LogP contribution is -2.46. The largest absolute Gasteiger partial charge is 0.487 e. The molecule has 5 aliphatic rings. The van der Waals surface area contributed by atoms with Crippen LogP contribution in [0.2, 0.25) is 0 Å². The predicted molar refractivity (Wildman–Crippen MR) is 293 cm³/mol. The molecule has 4 nitrogen and oxygen atoms in total. The molecule has 2 aliphatic heterocycles. The number of hydrogen-bond acceptors (Lipinski definition) is 4. The van der Waals surface area contributed by atoms with Gasteiger partial charge in [0.2, 0.25) is 0 Å². The summed E-state index contributed by atoms with van der Waals surface area (Å²) in [4.78, 5) is 5.28. The van der Waals surface area contributed by atoms with Gasteiger partial charge in [-0.25, -0.2) is 0 Å². The summed E-state index contributed by atoms with van der Waals surface area (Å²) in [5.74, 6) is 2.19. The lowest BCUT2D eigenvalue weighted by atomic mass is 9.81. The molecule has 0 bridgehead atoms. The lowest BCUT2D eigenvalue weighted by molar-refractivity contribution is 0.0805. The van der Waals surface area contributed by atoms with Gasteiger partial charge in [-0.15, -0.1) is 0 Å². The van der Waals surface area contributed by atoms with Gasteiger partial charge >= 0.3 is 0 Å². The van der Waals surface area contributed by atoms with Gasteiger partial charge < -0.3 is 19.3 Å². The summed E-state index contributed by atoms with van der Waals surface area (Å²) in [5, 5.41) is 12.7. The number of fused-ring (bicyclic) bond motifs is 8. The molecule has 7 atom stereocenters. The number of allylic oxidation sites excluding steroid dienone is 4. The second-order valence-electron chi connectivity index (χ2n) is 20.9. The number of benzene rings is 9. The van der Waals surface area contributed by atoms with Crippen LogP contribution in [0.4, 0.5) is 22.7 Å². The Labute approximate surface area is 410 Å². The molecule has 2 heterocycles. The van der Waals surface area contributed by atoms with Crippen LogP contribution >= 0.6 is 0 Å². The fraction of sp³-hybridized carbons (Fsp3) is 0.212. The van der Waals surface area contributed by atoms with Gasteiger partial charge in [0.25, 0.3) is 0 Å². The van der Waals surface area contributed by atoms with E-state index in [9.17, 15) is 0 Å². The number of rotatable bonds is 8. The molecule has 70 heavy (non-hydrogen) atoms. The first-order valence-electron chi connectivity index (χ1n) is 25.6. The van der Waals surface area contributed by atoms with Gasteiger partial charge in [-0.05, 0) is 98.1 Å². The van der Waals surface area contributed by atoms with E-state index in [2.05, 4.69) is 238 Å². The molecule has 6 unspecified atom stereocenters. The van der Waals surface area contributed by atoms with Crippen LogP contribution in [0.1, 0.15) is 68.6 Å². The Morgan fingerprint density at radius 3 is 1.86 bits per heavy atom. The smallest absolute Gasteiger partial charge is 0.130 e. The van der Waals surface area contributed by atoms with E-state index in [1.165, 1.54) is 93.3 Å². The first-order valence-corrected chi connectivity index (χ1v) is 25.6. The van der Waals surface area contributed by atoms with Gasteiger partial charge in [0.05, 0.1) is 29.2 Å². The summed E-state index contributed by atoms with van der Waals surface area (Å²) in [6.07, 6.45) is 21.4. The highest BCUT2D eigenvalue weighted by atomic mass is 16.5. The Morgan fingerprint density at radius 2 is 1.11 bits per heavy atom. The molecule has 9 aromatic carbocycles. The van der Waals surface area contributed by atoms with Crippen molar-refractivity contribution in [3.63, 3.8) is 0 Å². The average Bonchev–Trinajstić information content (AvgIpc) is 3.98. The van der Waals surface area contributed by atoms with Crippen molar-refractivity contribution in [2.45, 2.75) is 76.2 Å². The van der Waals surface area contributed by atoms with E-state index in [0.717, 1.165) is 17.9 Å². The van der Waals surface area contributed by atoms with Crippen molar-refractivity contribution in [1.29, 1.82) is 0 Å². The van der Waals surface area contributed by atoms with E-state index in [-0.39, 0.29) is 53.9 Å². The number of ether oxygens (including phenoxy) is 2. The quantitative estimate of drug-likeness (QED) is 0.112. The fourth-order valence-corrected chi connectivity index (χ4v) is 13.2. The molecule has 1 fully saturated rings. The van der Waals surface area contributed by atoms with Gasteiger partial charge in [0.1, 0.15) is 18.0 Å².